The molecule has 44 heavy (non-hydrogen) atoms. The first-order valence-electron chi connectivity index (χ1n) is 16.8. The van der Waals surface area contributed by atoms with E-state index in [-0.39, 0.29) is 23.7 Å². The second kappa shape index (κ2) is 16.4. The minimum atomic E-state index is -0.121. The maximum absolute atomic E-state index is 13.7. The second-order valence-electron chi connectivity index (χ2n) is 12.9. The van der Waals surface area contributed by atoms with Crippen LogP contribution in [0.2, 0.25) is 0 Å². The third-order valence-electron chi connectivity index (χ3n) is 9.44. The number of phenolic OH excluding ortho intramolecular Hbond substituents is 1. The van der Waals surface area contributed by atoms with Crippen LogP contribution in [0.3, 0.4) is 0 Å². The van der Waals surface area contributed by atoms with Gasteiger partial charge in [-0.3, -0.25) is 24.3 Å². The Kier molecular flexibility index (Phi) is 12.6. The van der Waals surface area contributed by atoms with E-state index in [1.165, 1.54) is 6.42 Å². The van der Waals surface area contributed by atoms with Gasteiger partial charge in [0.1, 0.15) is 5.75 Å². The molecule has 4 atom stereocenters. The van der Waals surface area contributed by atoms with Gasteiger partial charge in [0.05, 0.1) is 12.6 Å². The molecule has 2 aromatic rings. The number of rotatable bonds is 13. The van der Waals surface area contributed by atoms with Crippen LogP contribution in [0.25, 0.3) is 0 Å². The number of hydrogen-bond acceptors (Lipinski definition) is 7. The summed E-state index contributed by atoms with van der Waals surface area (Å²) in [6.07, 6.45) is 3.43. The molecule has 2 aromatic carbocycles. The zero-order chi connectivity index (χ0) is 31.6. The molecule has 2 aliphatic heterocycles. The van der Waals surface area contributed by atoms with Crippen molar-refractivity contribution in [3.63, 3.8) is 0 Å². The molecule has 0 bridgehead atoms. The molecule has 0 saturated carbocycles. The fourth-order valence-corrected chi connectivity index (χ4v) is 6.68. The molecule has 2 fully saturated rings. The number of esters is 1. The van der Waals surface area contributed by atoms with E-state index in [0.717, 1.165) is 63.2 Å². The van der Waals surface area contributed by atoms with Crippen LogP contribution in [-0.2, 0) is 9.53 Å². The lowest BCUT2D eigenvalue weighted by Crippen LogP contribution is -2.57. The molecule has 8 nitrogen and oxygen atoms in total. The summed E-state index contributed by atoms with van der Waals surface area (Å²) < 4.78 is 5.02. The largest absolute Gasteiger partial charge is 0.508 e. The van der Waals surface area contributed by atoms with Crippen molar-refractivity contribution in [3.05, 3.63) is 65.2 Å². The monoisotopic (exact) mass is 606 g/mol. The summed E-state index contributed by atoms with van der Waals surface area (Å²) >= 11 is 0. The van der Waals surface area contributed by atoms with Crippen molar-refractivity contribution < 1.29 is 19.4 Å². The number of ether oxygens (including phenoxy) is 1. The number of phenols is 1. The van der Waals surface area contributed by atoms with E-state index in [9.17, 15) is 14.7 Å². The van der Waals surface area contributed by atoms with Crippen LogP contribution in [0, 0.1) is 5.92 Å². The van der Waals surface area contributed by atoms with Crippen molar-refractivity contribution in [1.29, 1.82) is 0 Å². The van der Waals surface area contributed by atoms with Crippen LogP contribution in [0.1, 0.15) is 87.8 Å². The normalized spacial score (nSPS) is 21.6. The van der Waals surface area contributed by atoms with E-state index in [1.54, 1.807) is 6.07 Å². The van der Waals surface area contributed by atoms with Gasteiger partial charge in [-0.15, -0.1) is 0 Å². The summed E-state index contributed by atoms with van der Waals surface area (Å²) in [5, 5.41) is 10.4. The average Bonchev–Trinajstić information content (AvgIpc) is 3.02. The maximum atomic E-state index is 13.7. The molecule has 4 rings (SSSR count). The smallest absolute Gasteiger partial charge is 0.305 e. The predicted molar refractivity (Wildman–Crippen MR) is 176 cm³/mol. The molecular formula is C36H54N4O4. The lowest BCUT2D eigenvalue weighted by Gasteiger charge is -2.48. The van der Waals surface area contributed by atoms with Crippen LogP contribution < -0.4 is 0 Å². The summed E-state index contributed by atoms with van der Waals surface area (Å²) in [6, 6.07) is 16.4. The SMILES string of the molecule is CCOC(=O)CCCCN1CCN(C(=O)c2cccc(C(c3cccc(O)c3)N3C[C@@H](C)N(CC(C)CC)C[C@@H]3C)c2)CC1. The van der Waals surface area contributed by atoms with Crippen molar-refractivity contribution >= 4 is 11.9 Å². The average molecular weight is 607 g/mol. The van der Waals surface area contributed by atoms with E-state index < -0.39 is 0 Å². The van der Waals surface area contributed by atoms with Gasteiger partial charge in [0.15, 0.2) is 0 Å². The van der Waals surface area contributed by atoms with Crippen LogP contribution >= 0.6 is 0 Å². The molecule has 0 spiro atoms. The van der Waals surface area contributed by atoms with Crippen LogP contribution in [-0.4, -0.2) is 108 Å². The molecule has 2 saturated heterocycles. The molecule has 2 unspecified atom stereocenters. The Morgan fingerprint density at radius 2 is 1.64 bits per heavy atom. The predicted octanol–water partition coefficient (Wildman–Crippen LogP) is 5.41. The first-order chi connectivity index (χ1) is 21.2. The second-order valence-corrected chi connectivity index (χ2v) is 12.9. The van der Waals surface area contributed by atoms with Gasteiger partial charge < -0.3 is 14.7 Å². The van der Waals surface area contributed by atoms with E-state index >= 15 is 0 Å². The van der Waals surface area contributed by atoms with Crippen molar-refractivity contribution in [2.24, 2.45) is 5.92 Å². The molecule has 8 heteroatoms. The van der Waals surface area contributed by atoms with E-state index in [1.807, 2.05) is 36.1 Å². The van der Waals surface area contributed by atoms with Crippen molar-refractivity contribution in [2.45, 2.75) is 78.4 Å². The Balaban J connectivity index is 1.45. The Hall–Kier alpha value is -2.94. The summed E-state index contributed by atoms with van der Waals surface area (Å²) in [4.78, 5) is 34.8. The summed E-state index contributed by atoms with van der Waals surface area (Å²) in [5.41, 5.74) is 2.84. The standard InChI is InChI=1S/C36H54N4O4/c1-6-27(3)24-39-25-29(5)40(26-28(39)4)35(31-13-11-15-33(41)23-31)30-12-10-14-32(22-30)36(43)38-20-18-37(19-21-38)17-9-8-16-34(42)44-7-2/h10-15,22-23,27-29,35,41H,6-9,16-21,24-26H2,1-5H3/t27?,28-,29+,35?/m1/s1. The first-order valence-corrected chi connectivity index (χ1v) is 16.8. The minimum Gasteiger partial charge on any atom is -0.508 e. The zero-order valence-corrected chi connectivity index (χ0v) is 27.6. The van der Waals surface area contributed by atoms with Gasteiger partial charge in [0.25, 0.3) is 5.91 Å². The molecule has 2 heterocycles. The summed E-state index contributed by atoms with van der Waals surface area (Å²) in [6.45, 7) is 18.5. The third kappa shape index (κ3) is 9.05. The number of benzene rings is 2. The lowest BCUT2D eigenvalue weighted by atomic mass is 9.92. The highest BCUT2D eigenvalue weighted by Crippen LogP contribution is 2.35. The Bertz CT molecular complexity index is 1210. The first kappa shape index (κ1) is 33.9. The van der Waals surface area contributed by atoms with Gasteiger partial charge in [-0.2, -0.15) is 0 Å². The number of unbranched alkanes of at least 4 members (excludes halogenated alkanes) is 1. The summed E-state index contributed by atoms with van der Waals surface area (Å²) in [7, 11) is 0. The fourth-order valence-electron chi connectivity index (χ4n) is 6.68. The van der Waals surface area contributed by atoms with Crippen molar-refractivity contribution in [3.8, 4) is 5.75 Å². The number of amides is 1. The van der Waals surface area contributed by atoms with Gasteiger partial charge in [-0.05, 0) is 81.5 Å². The highest BCUT2D eigenvalue weighted by atomic mass is 16.5. The molecule has 242 valence electrons. The molecule has 0 radical (unpaired) electrons. The number of piperazine rings is 2. The van der Waals surface area contributed by atoms with Crippen LogP contribution in [0.15, 0.2) is 48.5 Å². The van der Waals surface area contributed by atoms with Crippen molar-refractivity contribution in [2.75, 3.05) is 59.0 Å². The van der Waals surface area contributed by atoms with E-state index in [4.69, 9.17) is 4.74 Å². The molecule has 0 aliphatic carbocycles. The quantitative estimate of drug-likeness (QED) is 0.241. The lowest BCUT2D eigenvalue weighted by molar-refractivity contribution is -0.143. The highest BCUT2D eigenvalue weighted by Gasteiger charge is 2.35. The van der Waals surface area contributed by atoms with Crippen molar-refractivity contribution in [1.82, 2.24) is 19.6 Å². The Morgan fingerprint density at radius 1 is 0.932 bits per heavy atom. The number of hydrogen-bond donors (Lipinski definition) is 1. The maximum Gasteiger partial charge on any atom is 0.305 e. The molecule has 1 amide bonds. The topological polar surface area (TPSA) is 76.6 Å². The van der Waals surface area contributed by atoms with E-state index in [0.29, 0.717) is 49.7 Å². The zero-order valence-electron chi connectivity index (χ0n) is 27.6. The Labute approximate surface area is 265 Å². The van der Waals surface area contributed by atoms with Gasteiger partial charge >= 0.3 is 5.97 Å². The highest BCUT2D eigenvalue weighted by molar-refractivity contribution is 5.94. The number of nitrogens with zero attached hydrogens (tertiary/aromatic N) is 4. The number of aromatic hydroxyl groups is 1. The van der Waals surface area contributed by atoms with Gasteiger partial charge in [-0.1, -0.05) is 44.5 Å². The summed E-state index contributed by atoms with van der Waals surface area (Å²) in [5.74, 6) is 0.876. The van der Waals surface area contributed by atoms with Crippen LogP contribution in [0.5, 0.6) is 5.75 Å². The molecular weight excluding hydrogens is 552 g/mol. The van der Waals surface area contributed by atoms with Gasteiger partial charge in [-0.25, -0.2) is 0 Å². The van der Waals surface area contributed by atoms with Gasteiger partial charge in [0, 0.05) is 69.9 Å². The number of carbonyl (C=O) groups is 2. The molecule has 0 aromatic heterocycles. The fraction of sp³-hybridized carbons (Fsp3) is 0.611. The molecule has 1 N–H and O–H groups in total. The van der Waals surface area contributed by atoms with Gasteiger partial charge in [0.2, 0.25) is 0 Å². The van der Waals surface area contributed by atoms with E-state index in [2.05, 4.69) is 60.6 Å². The molecule has 2 aliphatic rings. The van der Waals surface area contributed by atoms with Crippen LogP contribution in [0.4, 0.5) is 0 Å². The number of carbonyl (C=O) groups excluding carboxylic acids is 2. The minimum absolute atomic E-state index is 0.0653. The third-order valence-corrected chi connectivity index (χ3v) is 9.44. The Morgan fingerprint density at radius 3 is 2.32 bits per heavy atom.